The number of likely N-dealkylation sites (N-methyl/N-ethyl adjacent to an activating group) is 1. The first-order valence-electron chi connectivity index (χ1n) is 19.5. The van der Waals surface area contributed by atoms with Crippen LogP contribution in [0, 0.1) is 56.7 Å². The number of hydrogen-bond donors (Lipinski definition) is 6. The summed E-state index contributed by atoms with van der Waals surface area (Å²) < 4.78 is 12.7. The van der Waals surface area contributed by atoms with Crippen molar-refractivity contribution >= 4 is 5.97 Å². The fraction of sp³-hybridized carbons (Fsp3) is 0.975. The number of ether oxygens (including phenoxy) is 2. The number of aliphatic hydroxyl groups is 4. The molecular weight excluding hydrogens is 622 g/mol. The molecule has 49 heavy (non-hydrogen) atoms. The fourth-order valence-electron chi connectivity index (χ4n) is 14.2. The summed E-state index contributed by atoms with van der Waals surface area (Å²) in [6, 6.07) is 0. The van der Waals surface area contributed by atoms with Gasteiger partial charge in [-0.05, 0) is 124 Å². The maximum absolute atomic E-state index is 12.9. The van der Waals surface area contributed by atoms with E-state index in [-0.39, 0.29) is 52.0 Å². The average Bonchev–Trinajstić information content (AvgIpc) is 3.47. The molecule has 1 saturated heterocycles. The monoisotopic (exact) mass is 694 g/mol. The summed E-state index contributed by atoms with van der Waals surface area (Å²) in [6.07, 6.45) is 9.10. The van der Waals surface area contributed by atoms with Crippen molar-refractivity contribution in [3.63, 3.8) is 0 Å². The Bertz CT molecular complexity index is 1200. The van der Waals surface area contributed by atoms with Crippen LogP contribution in [0.3, 0.4) is 0 Å². The number of carbonyl (C=O) groups is 1. The van der Waals surface area contributed by atoms with Gasteiger partial charge >= 0.3 is 0 Å². The van der Waals surface area contributed by atoms with E-state index in [0.717, 1.165) is 58.3 Å². The van der Waals surface area contributed by atoms with Gasteiger partial charge in [0.05, 0.1) is 30.5 Å². The Morgan fingerprint density at radius 1 is 1.02 bits per heavy atom. The maximum Gasteiger partial charge on any atom is 0.300 e. The second-order valence-electron chi connectivity index (χ2n) is 19.2. The Balaban J connectivity index is 0.00000111. The smallest absolute Gasteiger partial charge is 0.300 e. The van der Waals surface area contributed by atoms with E-state index in [4.69, 9.17) is 19.4 Å². The molecule has 0 aromatic carbocycles. The molecule has 14 atom stereocenters. The SMILES string of the molecule is CC(=O)O.CNCC1(O)C(O)C([C@H](C)CCCC(C)(C)O)[C@@]2(C)CC[C@@]34[C@H](C)C35CC[C@H](OC3C[C@@H](O)CCO3)C(C)(C)C5CC[C@H]4[C@]12C. The van der Waals surface area contributed by atoms with Gasteiger partial charge in [0.15, 0.2) is 6.29 Å². The molecule has 0 aromatic rings. The van der Waals surface area contributed by atoms with Crippen molar-refractivity contribution in [2.45, 2.75) is 169 Å². The molecule has 6 fully saturated rings. The van der Waals surface area contributed by atoms with Gasteiger partial charge < -0.3 is 40.3 Å². The second-order valence-corrected chi connectivity index (χ2v) is 19.2. The Morgan fingerprint density at radius 2 is 1.63 bits per heavy atom. The molecular formula is C40H71NO8. The van der Waals surface area contributed by atoms with Gasteiger partial charge in [0, 0.05) is 25.3 Å². The van der Waals surface area contributed by atoms with E-state index in [2.05, 4.69) is 46.9 Å². The van der Waals surface area contributed by atoms with Gasteiger partial charge in [-0.25, -0.2) is 0 Å². The third-order valence-corrected chi connectivity index (χ3v) is 16.3. The minimum absolute atomic E-state index is 0.00848. The molecule has 5 saturated carbocycles. The highest BCUT2D eigenvalue weighted by atomic mass is 16.7. The standard InChI is InChI=1S/C38H67NO6.C2H4O2/c1-23(11-10-16-32(3,4)42)30-31(41)38(43,22-39-9)35(8)27-13-12-26-33(5,6)28(45-29-21-25(40)15-20-44-29)14-17-36(26)24(2)37(27,36)19-18-34(30,35)7;1-2(3)4/h23-31,39-43H,10-22H2,1-9H3;1H3,(H,3,4)/t23-,24-,25+,26?,27+,28+,29?,30?,31?,34-,35+,36?,37+,38?;/m1./s1. The van der Waals surface area contributed by atoms with E-state index >= 15 is 0 Å². The third kappa shape index (κ3) is 5.77. The number of rotatable bonds is 9. The lowest BCUT2D eigenvalue weighted by Crippen LogP contribution is -2.66. The molecule has 284 valence electrons. The van der Waals surface area contributed by atoms with Crippen LogP contribution < -0.4 is 5.32 Å². The summed E-state index contributed by atoms with van der Waals surface area (Å²) in [5.41, 5.74) is -2.12. The Kier molecular flexibility index (Phi) is 10.6. The highest BCUT2D eigenvalue weighted by Gasteiger charge is 2.89. The van der Waals surface area contributed by atoms with Crippen LogP contribution in [0.5, 0.6) is 0 Å². The van der Waals surface area contributed by atoms with Crippen molar-refractivity contribution in [1.29, 1.82) is 0 Å². The van der Waals surface area contributed by atoms with Gasteiger partial charge in [0.1, 0.15) is 5.60 Å². The van der Waals surface area contributed by atoms with Crippen molar-refractivity contribution in [3.05, 3.63) is 0 Å². The zero-order chi connectivity index (χ0) is 36.6. The first-order chi connectivity index (χ1) is 22.6. The van der Waals surface area contributed by atoms with Gasteiger partial charge in [0.25, 0.3) is 5.97 Å². The van der Waals surface area contributed by atoms with Crippen molar-refractivity contribution < 1.29 is 39.8 Å². The van der Waals surface area contributed by atoms with E-state index in [9.17, 15) is 20.4 Å². The Hall–Kier alpha value is -0.810. The minimum atomic E-state index is -1.21. The van der Waals surface area contributed by atoms with Crippen molar-refractivity contribution in [1.82, 2.24) is 5.32 Å². The van der Waals surface area contributed by atoms with E-state index in [1.807, 2.05) is 20.9 Å². The number of fused-ring (bicyclic) bond motifs is 2. The van der Waals surface area contributed by atoms with E-state index in [1.54, 1.807) is 0 Å². The quantitative estimate of drug-likeness (QED) is 0.166. The molecule has 0 radical (unpaired) electrons. The lowest BCUT2D eigenvalue weighted by molar-refractivity contribution is -0.255. The molecule has 6 rings (SSSR count). The Morgan fingerprint density at radius 3 is 2.22 bits per heavy atom. The van der Waals surface area contributed by atoms with Crippen LogP contribution in [0.2, 0.25) is 0 Å². The number of aliphatic hydroxyl groups excluding tert-OH is 2. The van der Waals surface area contributed by atoms with Gasteiger partial charge in [-0.15, -0.1) is 0 Å². The average molecular weight is 694 g/mol. The topological polar surface area (TPSA) is 149 Å². The lowest BCUT2D eigenvalue weighted by Gasteiger charge is -2.65. The highest BCUT2D eigenvalue weighted by Crippen LogP contribution is 2.92. The van der Waals surface area contributed by atoms with E-state index in [0.29, 0.717) is 43.7 Å². The van der Waals surface area contributed by atoms with Crippen molar-refractivity contribution in [3.8, 4) is 0 Å². The summed E-state index contributed by atoms with van der Waals surface area (Å²) >= 11 is 0. The normalized spacial score (nSPS) is 48.9. The first-order valence-corrected chi connectivity index (χ1v) is 19.5. The van der Waals surface area contributed by atoms with Gasteiger partial charge in [-0.2, -0.15) is 0 Å². The summed E-state index contributed by atoms with van der Waals surface area (Å²) in [6.45, 7) is 20.3. The number of carboxylic acid groups (broad SMARTS) is 1. The van der Waals surface area contributed by atoms with E-state index < -0.39 is 28.7 Å². The Labute approximate surface area is 296 Å². The molecule has 1 heterocycles. The first kappa shape index (κ1) is 39.4. The van der Waals surface area contributed by atoms with Crippen molar-refractivity contribution in [2.24, 2.45) is 56.7 Å². The molecule has 0 amide bonds. The van der Waals surface area contributed by atoms with Crippen LogP contribution in [-0.2, 0) is 14.3 Å². The molecule has 0 bridgehead atoms. The molecule has 6 N–H and O–H groups in total. The fourth-order valence-corrected chi connectivity index (χ4v) is 14.2. The van der Waals surface area contributed by atoms with Crippen LogP contribution in [0.1, 0.15) is 133 Å². The molecule has 5 aliphatic carbocycles. The van der Waals surface area contributed by atoms with Crippen LogP contribution >= 0.6 is 0 Å². The number of carboxylic acids is 1. The summed E-state index contributed by atoms with van der Waals surface area (Å²) in [5.74, 6) is 0.893. The molecule has 6 aliphatic rings. The van der Waals surface area contributed by atoms with E-state index in [1.165, 1.54) is 6.42 Å². The minimum Gasteiger partial charge on any atom is -0.481 e. The van der Waals surface area contributed by atoms with Crippen LogP contribution in [0.25, 0.3) is 0 Å². The summed E-state index contributed by atoms with van der Waals surface area (Å²) in [5, 5.41) is 56.7. The molecule has 6 unspecified atom stereocenters. The zero-order valence-corrected chi connectivity index (χ0v) is 32.3. The maximum atomic E-state index is 12.9. The molecule has 9 nitrogen and oxygen atoms in total. The van der Waals surface area contributed by atoms with Gasteiger partial charge in [-0.1, -0.05) is 54.4 Å². The predicted octanol–water partition coefficient (Wildman–Crippen LogP) is 5.75. The van der Waals surface area contributed by atoms with Crippen LogP contribution in [-0.4, -0.2) is 87.5 Å². The molecule has 1 aliphatic heterocycles. The molecule has 2 spiro atoms. The number of nitrogens with one attached hydrogen (secondary N) is 1. The second kappa shape index (κ2) is 13.2. The number of hydrogen-bond acceptors (Lipinski definition) is 8. The summed E-state index contributed by atoms with van der Waals surface area (Å²) in [4.78, 5) is 9.00. The highest BCUT2D eigenvalue weighted by molar-refractivity contribution is 5.63. The van der Waals surface area contributed by atoms with Crippen molar-refractivity contribution in [2.75, 3.05) is 20.2 Å². The number of aliphatic carboxylic acids is 1. The third-order valence-electron chi connectivity index (χ3n) is 16.3. The summed E-state index contributed by atoms with van der Waals surface area (Å²) in [7, 11) is 1.92. The van der Waals surface area contributed by atoms with Gasteiger partial charge in [0.2, 0.25) is 0 Å². The molecule has 9 heteroatoms. The van der Waals surface area contributed by atoms with Gasteiger partial charge in [-0.3, -0.25) is 4.79 Å². The zero-order valence-electron chi connectivity index (χ0n) is 32.3. The molecule has 0 aromatic heterocycles. The predicted molar refractivity (Wildman–Crippen MR) is 190 cm³/mol. The largest absolute Gasteiger partial charge is 0.481 e. The van der Waals surface area contributed by atoms with Crippen LogP contribution in [0.4, 0.5) is 0 Å². The lowest BCUT2D eigenvalue weighted by atomic mass is 9.40. The van der Waals surface area contributed by atoms with Crippen LogP contribution in [0.15, 0.2) is 0 Å².